The van der Waals surface area contributed by atoms with Gasteiger partial charge < -0.3 is 5.32 Å². The third kappa shape index (κ3) is 2.98. The van der Waals surface area contributed by atoms with Gasteiger partial charge >= 0.3 is 0 Å². The fourth-order valence-electron chi connectivity index (χ4n) is 2.29. The Morgan fingerprint density at radius 2 is 2.00 bits per heavy atom. The molecule has 2 aromatic heterocycles. The third-order valence-corrected chi connectivity index (χ3v) is 3.24. The number of aryl methyl sites for hydroxylation is 1. The Morgan fingerprint density at radius 1 is 1.15 bits per heavy atom. The van der Waals surface area contributed by atoms with Crippen LogP contribution in [0.1, 0.15) is 39.2 Å². The number of nitrogens with zero attached hydrogens (tertiary/aromatic N) is 4. The normalized spacial score (nSPS) is 10.8. The quantitative estimate of drug-likeness (QED) is 0.842. The molecule has 0 aliphatic heterocycles. The van der Waals surface area contributed by atoms with Crippen LogP contribution in [0.4, 0.5) is 5.82 Å². The Balaban J connectivity index is 2.42. The largest absolute Gasteiger partial charge is 0.370 e. The molecule has 5 heteroatoms. The van der Waals surface area contributed by atoms with E-state index in [4.69, 9.17) is 0 Å². The Bertz CT molecular complexity index is 547. The van der Waals surface area contributed by atoms with Gasteiger partial charge in [-0.05, 0) is 25.3 Å². The molecule has 0 unspecified atom stereocenters. The van der Waals surface area contributed by atoms with Crippen molar-refractivity contribution in [3.63, 3.8) is 0 Å². The summed E-state index contributed by atoms with van der Waals surface area (Å²) in [6.45, 7) is 8.28. The van der Waals surface area contributed by atoms with Crippen molar-refractivity contribution >= 4 is 5.82 Å². The van der Waals surface area contributed by atoms with Gasteiger partial charge in [0.2, 0.25) is 0 Å². The van der Waals surface area contributed by atoms with E-state index in [1.807, 2.05) is 16.9 Å². The minimum atomic E-state index is 0.902. The van der Waals surface area contributed by atoms with Crippen LogP contribution in [0, 0.1) is 0 Å². The van der Waals surface area contributed by atoms with E-state index in [1.165, 1.54) is 5.56 Å². The van der Waals surface area contributed by atoms with Crippen molar-refractivity contribution in [2.24, 2.45) is 0 Å². The maximum atomic E-state index is 4.49. The van der Waals surface area contributed by atoms with Gasteiger partial charge in [-0.25, -0.2) is 9.97 Å². The smallest absolute Gasteiger partial charge is 0.133 e. The van der Waals surface area contributed by atoms with Crippen LogP contribution in [0.15, 0.2) is 18.6 Å². The summed E-state index contributed by atoms with van der Waals surface area (Å²) >= 11 is 0. The zero-order valence-electron chi connectivity index (χ0n) is 12.6. The van der Waals surface area contributed by atoms with Crippen molar-refractivity contribution in [1.82, 2.24) is 19.7 Å². The van der Waals surface area contributed by atoms with Gasteiger partial charge in [-0.3, -0.25) is 4.68 Å². The Hall–Kier alpha value is -1.91. The van der Waals surface area contributed by atoms with E-state index in [9.17, 15) is 0 Å². The molecule has 0 aliphatic rings. The molecule has 0 saturated carbocycles. The van der Waals surface area contributed by atoms with E-state index < -0.39 is 0 Å². The summed E-state index contributed by atoms with van der Waals surface area (Å²) in [6, 6.07) is 2.03. The molecule has 0 radical (unpaired) electrons. The molecular weight excluding hydrogens is 250 g/mol. The first kappa shape index (κ1) is 14.5. The highest BCUT2D eigenvalue weighted by atomic mass is 15.3. The predicted molar refractivity (Wildman–Crippen MR) is 81.7 cm³/mol. The molecule has 1 N–H and O–H groups in total. The average Bonchev–Trinajstić information content (AvgIpc) is 2.93. The zero-order chi connectivity index (χ0) is 14.4. The molecule has 0 aromatic carbocycles. The summed E-state index contributed by atoms with van der Waals surface area (Å²) in [4.78, 5) is 8.87. The van der Waals surface area contributed by atoms with Crippen molar-refractivity contribution < 1.29 is 0 Å². The number of nitrogens with one attached hydrogen (secondary N) is 1. The van der Waals surface area contributed by atoms with E-state index >= 15 is 0 Å². The maximum absolute atomic E-state index is 4.49. The molecule has 2 heterocycles. The highest BCUT2D eigenvalue weighted by molar-refractivity contribution is 5.65. The number of hydrogen-bond acceptors (Lipinski definition) is 4. The molecule has 0 amide bonds. The summed E-state index contributed by atoms with van der Waals surface area (Å²) in [6.07, 6.45) is 6.51. The molecule has 0 spiro atoms. The molecule has 20 heavy (non-hydrogen) atoms. The van der Waals surface area contributed by atoms with Crippen molar-refractivity contribution in [2.75, 3.05) is 11.9 Å². The first-order valence-corrected chi connectivity index (χ1v) is 7.41. The zero-order valence-corrected chi connectivity index (χ0v) is 12.6. The van der Waals surface area contributed by atoms with E-state index in [1.54, 1.807) is 6.33 Å². The van der Waals surface area contributed by atoms with E-state index in [0.29, 0.717) is 0 Å². The van der Waals surface area contributed by atoms with Crippen LogP contribution in [0.25, 0.3) is 11.4 Å². The van der Waals surface area contributed by atoms with Crippen LogP contribution in [-0.2, 0) is 13.0 Å². The topological polar surface area (TPSA) is 55.6 Å². The average molecular weight is 273 g/mol. The minimum Gasteiger partial charge on any atom is -0.370 e. The monoisotopic (exact) mass is 273 g/mol. The van der Waals surface area contributed by atoms with E-state index in [2.05, 4.69) is 41.2 Å². The van der Waals surface area contributed by atoms with Gasteiger partial charge in [-0.2, -0.15) is 5.10 Å². The summed E-state index contributed by atoms with van der Waals surface area (Å²) in [7, 11) is 0. The Kier molecular flexibility index (Phi) is 5.09. The molecule has 0 fully saturated rings. The molecule has 0 aliphatic carbocycles. The van der Waals surface area contributed by atoms with Crippen LogP contribution >= 0.6 is 0 Å². The fourth-order valence-corrected chi connectivity index (χ4v) is 2.29. The highest BCUT2D eigenvalue weighted by Crippen LogP contribution is 2.26. The lowest BCUT2D eigenvalue weighted by Crippen LogP contribution is -2.09. The van der Waals surface area contributed by atoms with Crippen molar-refractivity contribution in [3.8, 4) is 11.4 Å². The highest BCUT2D eigenvalue weighted by Gasteiger charge is 2.14. The first-order valence-electron chi connectivity index (χ1n) is 7.41. The Morgan fingerprint density at radius 3 is 2.70 bits per heavy atom. The van der Waals surface area contributed by atoms with Crippen LogP contribution in [0.3, 0.4) is 0 Å². The Labute approximate surface area is 120 Å². The molecule has 0 saturated heterocycles. The second-order valence-electron chi connectivity index (χ2n) is 4.77. The lowest BCUT2D eigenvalue weighted by atomic mass is 10.1. The van der Waals surface area contributed by atoms with E-state index in [0.717, 1.165) is 49.6 Å². The van der Waals surface area contributed by atoms with Gasteiger partial charge in [0.25, 0.3) is 0 Å². The standard InChI is InChI=1S/C15H23N5/c1-4-8-16-15-12(6-3)14(17-11-18-15)13-7-9-19-20(13)10-5-2/h7,9,11H,4-6,8,10H2,1-3H3,(H,16,17,18). The van der Waals surface area contributed by atoms with Crippen LogP contribution in [-0.4, -0.2) is 26.3 Å². The van der Waals surface area contributed by atoms with Gasteiger partial charge in [-0.1, -0.05) is 20.8 Å². The van der Waals surface area contributed by atoms with Gasteiger partial charge in [0, 0.05) is 24.8 Å². The molecule has 2 rings (SSSR count). The third-order valence-electron chi connectivity index (χ3n) is 3.24. The van der Waals surface area contributed by atoms with Crippen LogP contribution < -0.4 is 5.32 Å². The molecule has 2 aromatic rings. The fraction of sp³-hybridized carbons (Fsp3) is 0.533. The summed E-state index contributed by atoms with van der Waals surface area (Å²) in [5.41, 5.74) is 3.23. The lowest BCUT2D eigenvalue weighted by molar-refractivity contribution is 0.607. The predicted octanol–water partition coefficient (Wildman–Crippen LogP) is 3.13. The van der Waals surface area contributed by atoms with Gasteiger partial charge in [0.1, 0.15) is 12.1 Å². The molecular formula is C15H23N5. The minimum absolute atomic E-state index is 0.902. The number of anilines is 1. The van der Waals surface area contributed by atoms with Crippen LogP contribution in [0.5, 0.6) is 0 Å². The molecule has 0 atom stereocenters. The van der Waals surface area contributed by atoms with Crippen molar-refractivity contribution in [3.05, 3.63) is 24.2 Å². The molecule has 108 valence electrons. The number of hydrogen-bond donors (Lipinski definition) is 1. The summed E-state index contributed by atoms with van der Waals surface area (Å²) < 4.78 is 2.02. The number of rotatable bonds is 7. The molecule has 5 nitrogen and oxygen atoms in total. The summed E-state index contributed by atoms with van der Waals surface area (Å²) in [5, 5.41) is 7.77. The second kappa shape index (κ2) is 7.03. The maximum Gasteiger partial charge on any atom is 0.133 e. The van der Waals surface area contributed by atoms with Gasteiger partial charge in [0.05, 0.1) is 11.4 Å². The first-order chi connectivity index (χ1) is 9.81. The summed E-state index contributed by atoms with van der Waals surface area (Å²) in [5.74, 6) is 0.948. The van der Waals surface area contributed by atoms with Crippen molar-refractivity contribution in [1.29, 1.82) is 0 Å². The second-order valence-corrected chi connectivity index (χ2v) is 4.77. The van der Waals surface area contributed by atoms with Gasteiger partial charge in [-0.15, -0.1) is 0 Å². The molecule has 0 bridgehead atoms. The lowest BCUT2D eigenvalue weighted by Gasteiger charge is -2.13. The SMILES string of the molecule is CCCNc1ncnc(-c2ccnn2CCC)c1CC. The van der Waals surface area contributed by atoms with Crippen molar-refractivity contribution in [2.45, 2.75) is 46.6 Å². The van der Waals surface area contributed by atoms with Gasteiger partial charge in [0.15, 0.2) is 0 Å². The number of aromatic nitrogens is 4. The van der Waals surface area contributed by atoms with E-state index in [-0.39, 0.29) is 0 Å². The van der Waals surface area contributed by atoms with Crippen LogP contribution in [0.2, 0.25) is 0 Å².